The van der Waals surface area contributed by atoms with Crippen molar-refractivity contribution < 1.29 is 9.47 Å². The molecule has 0 aliphatic carbocycles. The van der Waals surface area contributed by atoms with E-state index in [4.69, 9.17) is 9.47 Å². The maximum absolute atomic E-state index is 5.78. The third kappa shape index (κ3) is 3.63. The van der Waals surface area contributed by atoms with Crippen LogP contribution in [0, 0.1) is 0 Å². The first kappa shape index (κ1) is 14.7. The molecule has 1 atom stereocenters. The lowest BCUT2D eigenvalue weighted by Crippen LogP contribution is -2.21. The van der Waals surface area contributed by atoms with E-state index in [0.29, 0.717) is 6.04 Å². The van der Waals surface area contributed by atoms with Crippen LogP contribution in [0.4, 0.5) is 0 Å². The molecule has 1 aromatic rings. The molecule has 19 heavy (non-hydrogen) atoms. The summed E-state index contributed by atoms with van der Waals surface area (Å²) in [4.78, 5) is 0. The van der Waals surface area contributed by atoms with Gasteiger partial charge in [-0.1, -0.05) is 36.2 Å². The van der Waals surface area contributed by atoms with Crippen molar-refractivity contribution in [2.45, 2.75) is 39.2 Å². The van der Waals surface area contributed by atoms with Gasteiger partial charge in [0, 0.05) is 16.9 Å². The summed E-state index contributed by atoms with van der Waals surface area (Å²) < 4.78 is 12.6. The van der Waals surface area contributed by atoms with Gasteiger partial charge >= 0.3 is 0 Å². The second-order valence-corrected chi connectivity index (χ2v) is 5.62. The van der Waals surface area contributed by atoms with E-state index < -0.39 is 0 Å². The van der Waals surface area contributed by atoms with Crippen LogP contribution in [0.1, 0.15) is 44.7 Å². The Kier molecular flexibility index (Phi) is 5.52. The highest BCUT2D eigenvalue weighted by atomic mass is 79.9. The molecule has 2 rings (SSSR count). The minimum absolute atomic E-state index is 0.363. The van der Waals surface area contributed by atoms with Crippen molar-refractivity contribution in [2.75, 3.05) is 19.8 Å². The molecule has 0 amide bonds. The fourth-order valence-corrected chi connectivity index (χ4v) is 2.97. The monoisotopic (exact) mass is 327 g/mol. The molecule has 1 aromatic carbocycles. The Morgan fingerprint density at radius 3 is 2.53 bits per heavy atom. The maximum Gasteiger partial charge on any atom is 0.162 e. The summed E-state index contributed by atoms with van der Waals surface area (Å²) in [5.41, 5.74) is 1.26. The summed E-state index contributed by atoms with van der Waals surface area (Å²) in [7, 11) is 0. The average Bonchev–Trinajstić information content (AvgIpc) is 2.62. The van der Waals surface area contributed by atoms with Gasteiger partial charge in [0.2, 0.25) is 0 Å². The molecule has 0 saturated carbocycles. The lowest BCUT2D eigenvalue weighted by Gasteiger charge is -2.21. The zero-order valence-electron chi connectivity index (χ0n) is 11.7. The minimum atomic E-state index is 0.363. The lowest BCUT2D eigenvalue weighted by molar-refractivity contribution is 0.297. The van der Waals surface area contributed by atoms with Crippen LogP contribution in [0.15, 0.2) is 16.6 Å². The molecule has 1 unspecified atom stereocenters. The largest absolute Gasteiger partial charge is 0.490 e. The van der Waals surface area contributed by atoms with Gasteiger partial charge in [-0.05, 0) is 30.7 Å². The predicted molar refractivity (Wildman–Crippen MR) is 81.1 cm³/mol. The van der Waals surface area contributed by atoms with Crippen molar-refractivity contribution >= 4 is 15.9 Å². The van der Waals surface area contributed by atoms with Crippen LogP contribution in [0.2, 0.25) is 0 Å². The van der Waals surface area contributed by atoms with Crippen LogP contribution in [0.3, 0.4) is 0 Å². The highest BCUT2D eigenvalue weighted by molar-refractivity contribution is 9.10. The topological polar surface area (TPSA) is 30.5 Å². The molecule has 0 bridgehead atoms. The summed E-state index contributed by atoms with van der Waals surface area (Å²) in [6, 6.07) is 4.52. The number of ether oxygens (including phenoxy) is 2. The highest BCUT2D eigenvalue weighted by Gasteiger charge is 2.18. The molecule has 106 valence electrons. The second kappa shape index (κ2) is 7.15. The Morgan fingerprint density at radius 2 is 1.89 bits per heavy atom. The van der Waals surface area contributed by atoms with Gasteiger partial charge < -0.3 is 14.8 Å². The summed E-state index contributed by atoms with van der Waals surface area (Å²) >= 11 is 3.67. The van der Waals surface area contributed by atoms with Crippen LogP contribution in [0.5, 0.6) is 11.5 Å². The van der Waals surface area contributed by atoms with Crippen LogP contribution in [-0.2, 0) is 0 Å². The zero-order chi connectivity index (χ0) is 13.7. The Balaban J connectivity index is 2.31. The summed E-state index contributed by atoms with van der Waals surface area (Å²) in [6.07, 6.45) is 3.21. The van der Waals surface area contributed by atoms with Gasteiger partial charge in [-0.2, -0.15) is 0 Å². The van der Waals surface area contributed by atoms with E-state index >= 15 is 0 Å². The number of hydrogen-bond donors (Lipinski definition) is 1. The second-order valence-electron chi connectivity index (χ2n) is 4.77. The molecule has 0 spiro atoms. The number of fused-ring (bicyclic) bond motifs is 1. The Hall–Kier alpha value is -0.740. The molecule has 3 nitrogen and oxygen atoms in total. The van der Waals surface area contributed by atoms with Crippen molar-refractivity contribution in [3.8, 4) is 11.5 Å². The van der Waals surface area contributed by atoms with Gasteiger partial charge in [0.25, 0.3) is 0 Å². The average molecular weight is 328 g/mol. The Bertz CT molecular complexity index is 417. The third-order valence-corrected chi connectivity index (χ3v) is 3.96. The number of nitrogens with one attached hydrogen (secondary N) is 1. The van der Waals surface area contributed by atoms with E-state index in [1.807, 2.05) is 6.07 Å². The normalized spacial score (nSPS) is 15.9. The number of hydrogen-bond acceptors (Lipinski definition) is 3. The van der Waals surface area contributed by atoms with Crippen LogP contribution in [-0.4, -0.2) is 19.8 Å². The predicted octanol–water partition coefficient (Wildman–Crippen LogP) is 4.06. The van der Waals surface area contributed by atoms with Crippen LogP contribution >= 0.6 is 15.9 Å². The van der Waals surface area contributed by atoms with Crippen molar-refractivity contribution in [1.29, 1.82) is 0 Å². The first-order valence-electron chi connectivity index (χ1n) is 7.08. The van der Waals surface area contributed by atoms with E-state index in [1.165, 1.54) is 5.56 Å². The van der Waals surface area contributed by atoms with Crippen molar-refractivity contribution in [1.82, 2.24) is 5.32 Å². The van der Waals surface area contributed by atoms with Crippen molar-refractivity contribution in [3.05, 3.63) is 22.2 Å². The van der Waals surface area contributed by atoms with Crippen LogP contribution in [0.25, 0.3) is 0 Å². The SMILES string of the molecule is CCCC(NCC)c1cc2c(cc1Br)OCCCO2. The van der Waals surface area contributed by atoms with E-state index in [1.54, 1.807) is 0 Å². The zero-order valence-corrected chi connectivity index (χ0v) is 13.3. The van der Waals surface area contributed by atoms with Gasteiger partial charge in [-0.3, -0.25) is 0 Å². The van der Waals surface area contributed by atoms with Gasteiger partial charge in [0.05, 0.1) is 13.2 Å². The van der Waals surface area contributed by atoms with E-state index in [2.05, 4.69) is 41.2 Å². The molecular formula is C15H22BrNO2. The number of benzene rings is 1. The molecule has 4 heteroatoms. The molecule has 0 aromatic heterocycles. The maximum atomic E-state index is 5.78. The van der Waals surface area contributed by atoms with Gasteiger partial charge in [0.1, 0.15) is 0 Å². The van der Waals surface area contributed by atoms with Crippen molar-refractivity contribution in [2.24, 2.45) is 0 Å². The molecule has 0 saturated heterocycles. The first-order valence-corrected chi connectivity index (χ1v) is 7.88. The molecule has 0 radical (unpaired) electrons. The summed E-state index contributed by atoms with van der Waals surface area (Å²) in [5.74, 6) is 1.72. The number of halogens is 1. The minimum Gasteiger partial charge on any atom is -0.490 e. The smallest absolute Gasteiger partial charge is 0.162 e. The fraction of sp³-hybridized carbons (Fsp3) is 0.600. The van der Waals surface area contributed by atoms with Crippen molar-refractivity contribution in [3.63, 3.8) is 0 Å². The van der Waals surface area contributed by atoms with E-state index in [-0.39, 0.29) is 0 Å². The van der Waals surface area contributed by atoms with E-state index in [9.17, 15) is 0 Å². The van der Waals surface area contributed by atoms with Crippen LogP contribution < -0.4 is 14.8 Å². The quantitative estimate of drug-likeness (QED) is 0.884. The Labute approximate surface area is 123 Å². The molecule has 1 heterocycles. The molecular weight excluding hydrogens is 306 g/mol. The summed E-state index contributed by atoms with van der Waals surface area (Å²) in [5, 5.41) is 3.54. The first-order chi connectivity index (χ1) is 9.26. The summed E-state index contributed by atoms with van der Waals surface area (Å²) in [6.45, 7) is 6.77. The molecule has 1 aliphatic heterocycles. The molecule has 1 aliphatic rings. The van der Waals surface area contributed by atoms with E-state index in [0.717, 1.165) is 55.0 Å². The van der Waals surface area contributed by atoms with Gasteiger partial charge in [-0.15, -0.1) is 0 Å². The highest BCUT2D eigenvalue weighted by Crippen LogP contribution is 2.38. The Morgan fingerprint density at radius 1 is 1.21 bits per heavy atom. The number of rotatable bonds is 5. The fourth-order valence-electron chi connectivity index (χ4n) is 2.37. The lowest BCUT2D eigenvalue weighted by atomic mass is 10.0. The third-order valence-electron chi connectivity index (χ3n) is 3.27. The standard InChI is InChI=1S/C15H22BrNO2/c1-3-6-13(17-4-2)11-9-14-15(10-12(11)16)19-8-5-7-18-14/h9-10,13,17H,3-8H2,1-2H3. The van der Waals surface area contributed by atoms with Gasteiger partial charge in [-0.25, -0.2) is 0 Å². The molecule has 1 N–H and O–H groups in total. The van der Waals surface area contributed by atoms with Gasteiger partial charge in [0.15, 0.2) is 11.5 Å². The molecule has 0 fully saturated rings.